The van der Waals surface area contributed by atoms with Gasteiger partial charge in [-0.2, -0.15) is 0 Å². The SMILES string of the molecule is O=C(Nc1ccc(Nc2ncnc3[nH]ccc23)cc1)C(c1ccccc1)N1Cc2cc(-c3ccc(N4CCNCC4)cc3)ccc2C1=O. The van der Waals surface area contributed by atoms with Gasteiger partial charge in [0.2, 0.25) is 0 Å². The molecule has 1 fully saturated rings. The van der Waals surface area contributed by atoms with Crippen molar-refractivity contribution < 1.29 is 9.59 Å². The number of piperazine rings is 1. The molecule has 2 aliphatic heterocycles. The van der Waals surface area contributed by atoms with Gasteiger partial charge in [0.25, 0.3) is 11.8 Å². The van der Waals surface area contributed by atoms with Crippen LogP contribution in [0.4, 0.5) is 22.9 Å². The van der Waals surface area contributed by atoms with Gasteiger partial charge in [0.05, 0.1) is 5.39 Å². The lowest BCUT2D eigenvalue weighted by molar-refractivity contribution is -0.120. The van der Waals surface area contributed by atoms with Crippen molar-refractivity contribution in [2.24, 2.45) is 0 Å². The first-order valence-electron chi connectivity index (χ1n) is 16.1. The lowest BCUT2D eigenvalue weighted by Crippen LogP contribution is -2.43. The van der Waals surface area contributed by atoms with Crippen molar-refractivity contribution in [2.45, 2.75) is 12.6 Å². The number of fused-ring (bicyclic) bond motifs is 2. The maximum absolute atomic E-state index is 14.0. The van der Waals surface area contributed by atoms with Gasteiger partial charge < -0.3 is 30.7 Å². The zero-order valence-electron chi connectivity index (χ0n) is 26.2. The van der Waals surface area contributed by atoms with E-state index in [1.807, 2.05) is 79.0 Å². The Morgan fingerprint density at radius 1 is 0.812 bits per heavy atom. The molecule has 2 amide bonds. The minimum Gasteiger partial charge on any atom is -0.369 e. The number of aromatic amines is 1. The Labute approximate surface area is 277 Å². The van der Waals surface area contributed by atoms with Crippen molar-refractivity contribution in [1.29, 1.82) is 0 Å². The highest BCUT2D eigenvalue weighted by Crippen LogP contribution is 2.35. The van der Waals surface area contributed by atoms with Crippen LogP contribution in [0.1, 0.15) is 27.5 Å². The van der Waals surface area contributed by atoms with Gasteiger partial charge in [-0.15, -0.1) is 0 Å². The molecule has 1 saturated heterocycles. The molecule has 10 nitrogen and oxygen atoms in total. The van der Waals surface area contributed by atoms with Gasteiger partial charge in [-0.05, 0) is 76.9 Å². The molecule has 4 N–H and O–H groups in total. The van der Waals surface area contributed by atoms with Crippen LogP contribution in [0.3, 0.4) is 0 Å². The quantitative estimate of drug-likeness (QED) is 0.160. The van der Waals surface area contributed by atoms with Gasteiger partial charge in [0.1, 0.15) is 23.8 Å². The fourth-order valence-corrected chi connectivity index (χ4v) is 6.58. The summed E-state index contributed by atoms with van der Waals surface area (Å²) < 4.78 is 0. The van der Waals surface area contributed by atoms with E-state index in [1.54, 1.807) is 4.90 Å². The van der Waals surface area contributed by atoms with Crippen molar-refractivity contribution in [3.63, 3.8) is 0 Å². The van der Waals surface area contributed by atoms with E-state index in [4.69, 9.17) is 0 Å². The van der Waals surface area contributed by atoms with E-state index in [0.29, 0.717) is 23.6 Å². The van der Waals surface area contributed by atoms with Gasteiger partial charge >= 0.3 is 0 Å². The summed E-state index contributed by atoms with van der Waals surface area (Å²) in [6.07, 6.45) is 3.32. The second-order valence-corrected chi connectivity index (χ2v) is 12.1. The molecule has 2 aliphatic rings. The summed E-state index contributed by atoms with van der Waals surface area (Å²) in [7, 11) is 0. The summed E-state index contributed by atoms with van der Waals surface area (Å²) in [6.45, 7) is 4.31. The van der Waals surface area contributed by atoms with E-state index in [0.717, 1.165) is 65.2 Å². The largest absolute Gasteiger partial charge is 0.369 e. The summed E-state index contributed by atoms with van der Waals surface area (Å²) in [6, 6.07) is 32.6. The van der Waals surface area contributed by atoms with Crippen molar-refractivity contribution in [2.75, 3.05) is 41.7 Å². The molecule has 2 aromatic heterocycles. The highest BCUT2D eigenvalue weighted by molar-refractivity contribution is 6.04. The average Bonchev–Trinajstić information content (AvgIpc) is 3.75. The molecule has 4 aromatic carbocycles. The summed E-state index contributed by atoms with van der Waals surface area (Å²) in [5.41, 5.74) is 7.82. The predicted octanol–water partition coefficient (Wildman–Crippen LogP) is 6.11. The topological polar surface area (TPSA) is 118 Å². The van der Waals surface area contributed by atoms with Crippen LogP contribution in [-0.2, 0) is 11.3 Å². The molecule has 0 radical (unpaired) electrons. The van der Waals surface area contributed by atoms with E-state index in [1.165, 1.54) is 12.0 Å². The van der Waals surface area contributed by atoms with Crippen molar-refractivity contribution in [3.05, 3.63) is 132 Å². The third kappa shape index (κ3) is 5.73. The van der Waals surface area contributed by atoms with Gasteiger partial charge in [-0.3, -0.25) is 9.59 Å². The van der Waals surface area contributed by atoms with Crippen LogP contribution in [-0.4, -0.2) is 57.8 Å². The molecule has 0 saturated carbocycles. The Balaban J connectivity index is 1.00. The Morgan fingerprint density at radius 3 is 2.35 bits per heavy atom. The summed E-state index contributed by atoms with van der Waals surface area (Å²) in [5.74, 6) is 0.247. The van der Waals surface area contributed by atoms with Gasteiger partial charge in [0, 0.05) is 61.5 Å². The number of benzene rings is 4. The normalized spacial score (nSPS) is 15.0. The molecule has 0 spiro atoms. The fourth-order valence-electron chi connectivity index (χ4n) is 6.58. The number of carbonyl (C=O) groups is 2. The third-order valence-electron chi connectivity index (χ3n) is 9.06. The first-order chi connectivity index (χ1) is 23.6. The Morgan fingerprint density at radius 2 is 1.56 bits per heavy atom. The second-order valence-electron chi connectivity index (χ2n) is 12.1. The first-order valence-corrected chi connectivity index (χ1v) is 16.1. The number of rotatable bonds is 8. The van der Waals surface area contributed by atoms with E-state index >= 15 is 0 Å². The molecule has 238 valence electrons. The lowest BCUT2D eigenvalue weighted by Gasteiger charge is -2.29. The fraction of sp³-hybridized carbons (Fsp3) is 0.158. The number of hydrogen-bond acceptors (Lipinski definition) is 7. The van der Waals surface area contributed by atoms with Crippen LogP contribution in [0.5, 0.6) is 0 Å². The number of carbonyl (C=O) groups excluding carboxylic acids is 2. The molecule has 6 aromatic rings. The Hall–Kier alpha value is -6.00. The number of anilines is 4. The lowest BCUT2D eigenvalue weighted by atomic mass is 10.00. The van der Waals surface area contributed by atoms with E-state index in [9.17, 15) is 9.59 Å². The second kappa shape index (κ2) is 12.7. The average molecular weight is 635 g/mol. The van der Waals surface area contributed by atoms with Crippen LogP contribution in [0.15, 0.2) is 116 Å². The molecular formula is C38H34N8O2. The van der Waals surface area contributed by atoms with E-state index in [-0.39, 0.29) is 11.8 Å². The monoisotopic (exact) mass is 634 g/mol. The minimum absolute atomic E-state index is 0.157. The summed E-state index contributed by atoms with van der Waals surface area (Å²) >= 11 is 0. The molecular weight excluding hydrogens is 600 g/mol. The number of nitrogens with one attached hydrogen (secondary N) is 4. The highest BCUT2D eigenvalue weighted by atomic mass is 16.2. The highest BCUT2D eigenvalue weighted by Gasteiger charge is 2.37. The third-order valence-corrected chi connectivity index (χ3v) is 9.06. The summed E-state index contributed by atoms with van der Waals surface area (Å²) in [4.78, 5) is 43.6. The van der Waals surface area contributed by atoms with Crippen LogP contribution in [0.25, 0.3) is 22.2 Å². The van der Waals surface area contributed by atoms with Crippen molar-refractivity contribution >= 4 is 45.7 Å². The van der Waals surface area contributed by atoms with Crippen LogP contribution >= 0.6 is 0 Å². The molecule has 1 unspecified atom stereocenters. The van der Waals surface area contributed by atoms with Gasteiger partial charge in [0.15, 0.2) is 0 Å². The zero-order valence-corrected chi connectivity index (χ0v) is 26.2. The summed E-state index contributed by atoms with van der Waals surface area (Å²) in [5, 5.41) is 10.6. The Kier molecular flexibility index (Phi) is 7.75. The number of amides is 2. The van der Waals surface area contributed by atoms with Crippen molar-refractivity contribution in [1.82, 2.24) is 25.2 Å². The maximum Gasteiger partial charge on any atom is 0.255 e. The predicted molar refractivity (Wildman–Crippen MR) is 188 cm³/mol. The molecule has 8 rings (SSSR count). The minimum atomic E-state index is -0.812. The number of aromatic nitrogens is 3. The number of hydrogen-bond donors (Lipinski definition) is 4. The first kappa shape index (κ1) is 29.4. The van der Waals surface area contributed by atoms with Crippen molar-refractivity contribution in [3.8, 4) is 11.1 Å². The standard InChI is InChI=1S/C38H34N8O2/c47-37(44-30-11-9-29(10-12-30)43-36-33-16-17-40-35(33)41-24-42-36)34(26-4-2-1-3-5-26)46-23-28-22-27(8-15-32(28)38(46)48)25-6-13-31(14-7-25)45-20-18-39-19-21-45/h1-17,22,24,34,39H,18-21,23H2,(H,44,47)(H2,40,41,42,43). The van der Waals surface area contributed by atoms with Gasteiger partial charge in [-0.25, -0.2) is 9.97 Å². The van der Waals surface area contributed by atoms with Gasteiger partial charge in [-0.1, -0.05) is 48.5 Å². The maximum atomic E-state index is 14.0. The molecule has 4 heterocycles. The smallest absolute Gasteiger partial charge is 0.255 e. The molecule has 48 heavy (non-hydrogen) atoms. The van der Waals surface area contributed by atoms with Crippen LogP contribution in [0.2, 0.25) is 0 Å². The number of H-pyrrole nitrogens is 1. The van der Waals surface area contributed by atoms with E-state index in [2.05, 4.69) is 66.1 Å². The number of nitrogens with zero attached hydrogens (tertiary/aromatic N) is 4. The molecule has 1 atom stereocenters. The van der Waals surface area contributed by atoms with Crippen LogP contribution < -0.4 is 20.9 Å². The zero-order chi connectivity index (χ0) is 32.5. The molecule has 0 bridgehead atoms. The van der Waals surface area contributed by atoms with Crippen LogP contribution in [0, 0.1) is 0 Å². The molecule has 10 heteroatoms. The molecule has 0 aliphatic carbocycles. The Bertz CT molecular complexity index is 2090. The van der Waals surface area contributed by atoms with E-state index < -0.39 is 6.04 Å².